The van der Waals surface area contributed by atoms with Crippen LogP contribution < -0.4 is 5.73 Å². The van der Waals surface area contributed by atoms with Gasteiger partial charge in [0.15, 0.2) is 0 Å². The number of nitrogens with two attached hydrogens (primary N) is 1. The predicted octanol–water partition coefficient (Wildman–Crippen LogP) is 1.48. The number of likely N-dealkylation sites (N-methyl/N-ethyl adjacent to an activating group) is 1. The third-order valence-electron chi connectivity index (χ3n) is 4.53. The van der Waals surface area contributed by atoms with Gasteiger partial charge in [-0.2, -0.15) is 4.98 Å². The van der Waals surface area contributed by atoms with Gasteiger partial charge in [-0.1, -0.05) is 25.9 Å². The molecule has 0 spiro atoms. The topological polar surface area (TPSA) is 77.4 Å². The zero-order valence-corrected chi connectivity index (χ0v) is 12.8. The van der Waals surface area contributed by atoms with Gasteiger partial charge in [-0.3, -0.25) is 4.90 Å². The summed E-state index contributed by atoms with van der Waals surface area (Å²) in [5.74, 6) is 1.30. The highest BCUT2D eigenvalue weighted by molar-refractivity contribution is 5.07. The Labute approximate surface area is 120 Å². The van der Waals surface area contributed by atoms with Crippen molar-refractivity contribution in [1.29, 1.82) is 0 Å². The molecule has 6 heteroatoms. The molecule has 0 aliphatic carbocycles. The maximum absolute atomic E-state index is 5.92. The van der Waals surface area contributed by atoms with Crippen LogP contribution in [0.25, 0.3) is 0 Å². The lowest BCUT2D eigenvalue weighted by Gasteiger charge is -2.30. The quantitative estimate of drug-likeness (QED) is 0.851. The van der Waals surface area contributed by atoms with Crippen molar-refractivity contribution in [3.8, 4) is 0 Å². The second-order valence-electron chi connectivity index (χ2n) is 5.40. The van der Waals surface area contributed by atoms with E-state index in [1.54, 1.807) is 0 Å². The SMILES string of the molecule is CCN1CCOC(c2noc(C(CC)(CC)CN)n2)C1. The second-order valence-corrected chi connectivity index (χ2v) is 5.40. The molecule has 0 bridgehead atoms. The molecule has 2 N–H and O–H groups in total. The van der Waals surface area contributed by atoms with E-state index in [9.17, 15) is 0 Å². The van der Waals surface area contributed by atoms with Crippen LogP contribution in [0.2, 0.25) is 0 Å². The fourth-order valence-corrected chi connectivity index (χ4v) is 2.66. The fraction of sp³-hybridized carbons (Fsp3) is 0.857. The Balaban J connectivity index is 2.16. The normalized spacial score (nSPS) is 21.3. The third-order valence-corrected chi connectivity index (χ3v) is 4.53. The molecule has 6 nitrogen and oxygen atoms in total. The smallest absolute Gasteiger partial charge is 0.234 e. The van der Waals surface area contributed by atoms with E-state index in [2.05, 4.69) is 35.8 Å². The van der Waals surface area contributed by atoms with Crippen LogP contribution in [0.5, 0.6) is 0 Å². The summed E-state index contributed by atoms with van der Waals surface area (Å²) in [5, 5.41) is 4.13. The van der Waals surface area contributed by atoms with Crippen LogP contribution in [-0.4, -0.2) is 47.8 Å². The first-order valence-corrected chi connectivity index (χ1v) is 7.57. The summed E-state index contributed by atoms with van der Waals surface area (Å²) in [6.07, 6.45) is 1.70. The van der Waals surface area contributed by atoms with E-state index in [-0.39, 0.29) is 11.5 Å². The van der Waals surface area contributed by atoms with Crippen LogP contribution in [-0.2, 0) is 10.2 Å². The Hall–Kier alpha value is -0.980. The summed E-state index contributed by atoms with van der Waals surface area (Å²) < 4.78 is 11.3. The van der Waals surface area contributed by atoms with Crippen molar-refractivity contribution in [2.75, 3.05) is 32.8 Å². The standard InChI is InChI=1S/C14H26N4O2/c1-4-14(5-2,10-15)13-16-12(17-20-13)11-9-18(6-3)7-8-19-11/h11H,4-10,15H2,1-3H3. The lowest BCUT2D eigenvalue weighted by atomic mass is 9.82. The molecule has 1 saturated heterocycles. The van der Waals surface area contributed by atoms with Crippen LogP contribution in [0.1, 0.15) is 51.4 Å². The molecule has 1 aromatic rings. The van der Waals surface area contributed by atoms with E-state index < -0.39 is 0 Å². The van der Waals surface area contributed by atoms with Crippen LogP contribution >= 0.6 is 0 Å². The fourth-order valence-electron chi connectivity index (χ4n) is 2.66. The monoisotopic (exact) mass is 282 g/mol. The molecule has 1 unspecified atom stereocenters. The molecule has 0 aromatic carbocycles. The Morgan fingerprint density at radius 1 is 1.35 bits per heavy atom. The van der Waals surface area contributed by atoms with E-state index in [0.29, 0.717) is 24.9 Å². The van der Waals surface area contributed by atoms with Gasteiger partial charge in [0.05, 0.1) is 12.0 Å². The minimum absolute atomic E-state index is 0.0922. The molecule has 1 atom stereocenters. The minimum Gasteiger partial charge on any atom is -0.367 e. The van der Waals surface area contributed by atoms with Crippen LogP contribution in [0.4, 0.5) is 0 Å². The van der Waals surface area contributed by atoms with Crippen molar-refractivity contribution in [2.45, 2.75) is 45.1 Å². The Morgan fingerprint density at radius 3 is 2.70 bits per heavy atom. The van der Waals surface area contributed by atoms with Gasteiger partial charge in [0.25, 0.3) is 0 Å². The molecule has 0 radical (unpaired) electrons. The highest BCUT2D eigenvalue weighted by atomic mass is 16.5. The molecule has 1 aliphatic heterocycles. The van der Waals surface area contributed by atoms with Crippen LogP contribution in [0.15, 0.2) is 4.52 Å². The van der Waals surface area contributed by atoms with Crippen LogP contribution in [0, 0.1) is 0 Å². The summed E-state index contributed by atoms with van der Waals surface area (Å²) in [4.78, 5) is 6.91. The van der Waals surface area contributed by atoms with E-state index in [1.165, 1.54) is 0 Å². The van der Waals surface area contributed by atoms with Gasteiger partial charge in [-0.15, -0.1) is 0 Å². The molecule has 1 aliphatic rings. The van der Waals surface area contributed by atoms with Gasteiger partial charge in [0.2, 0.25) is 11.7 Å². The zero-order chi connectivity index (χ0) is 14.6. The molecule has 1 aromatic heterocycles. The lowest BCUT2D eigenvalue weighted by Crippen LogP contribution is -2.38. The van der Waals surface area contributed by atoms with Crippen molar-refractivity contribution in [2.24, 2.45) is 5.73 Å². The third kappa shape index (κ3) is 2.87. The van der Waals surface area contributed by atoms with Gasteiger partial charge in [0.1, 0.15) is 6.10 Å². The second kappa shape index (κ2) is 6.65. The highest BCUT2D eigenvalue weighted by Crippen LogP contribution is 2.30. The first kappa shape index (κ1) is 15.4. The van der Waals surface area contributed by atoms with Crippen molar-refractivity contribution < 1.29 is 9.26 Å². The summed E-state index contributed by atoms with van der Waals surface area (Å²) in [7, 11) is 0. The van der Waals surface area contributed by atoms with Crippen LogP contribution in [0.3, 0.4) is 0 Å². The van der Waals surface area contributed by atoms with Crippen molar-refractivity contribution >= 4 is 0 Å². The molecule has 0 saturated carbocycles. The number of ether oxygens (including phenoxy) is 1. The summed E-state index contributed by atoms with van der Waals surface area (Å²) >= 11 is 0. The van der Waals surface area contributed by atoms with E-state index in [1.807, 2.05) is 0 Å². The average molecular weight is 282 g/mol. The largest absolute Gasteiger partial charge is 0.367 e. The van der Waals surface area contributed by atoms with Crippen molar-refractivity contribution in [3.05, 3.63) is 11.7 Å². The van der Waals surface area contributed by atoms with E-state index in [4.69, 9.17) is 15.0 Å². The van der Waals surface area contributed by atoms with E-state index >= 15 is 0 Å². The number of aromatic nitrogens is 2. The first-order valence-electron chi connectivity index (χ1n) is 7.57. The zero-order valence-electron chi connectivity index (χ0n) is 12.8. The van der Waals surface area contributed by atoms with Gasteiger partial charge in [0, 0.05) is 19.6 Å². The van der Waals surface area contributed by atoms with Crippen molar-refractivity contribution in [3.63, 3.8) is 0 Å². The summed E-state index contributed by atoms with van der Waals surface area (Å²) in [5.41, 5.74) is 5.72. The predicted molar refractivity (Wildman–Crippen MR) is 76.4 cm³/mol. The first-order chi connectivity index (χ1) is 9.69. The molecule has 0 amide bonds. The maximum atomic E-state index is 5.92. The molecular formula is C14H26N4O2. The number of hydrogen-bond acceptors (Lipinski definition) is 6. The molecular weight excluding hydrogens is 256 g/mol. The van der Waals surface area contributed by atoms with E-state index in [0.717, 1.165) is 32.5 Å². The minimum atomic E-state index is -0.204. The molecule has 20 heavy (non-hydrogen) atoms. The molecule has 2 rings (SSSR count). The number of rotatable bonds is 6. The van der Waals surface area contributed by atoms with Gasteiger partial charge >= 0.3 is 0 Å². The summed E-state index contributed by atoms with van der Waals surface area (Å²) in [6.45, 7) is 10.4. The maximum Gasteiger partial charge on any atom is 0.234 e. The summed E-state index contributed by atoms with van der Waals surface area (Å²) in [6, 6.07) is 0. The Morgan fingerprint density at radius 2 is 2.10 bits per heavy atom. The molecule has 1 fully saturated rings. The average Bonchev–Trinajstić information content (AvgIpc) is 3.00. The lowest BCUT2D eigenvalue weighted by molar-refractivity contribution is -0.0334. The van der Waals surface area contributed by atoms with Gasteiger partial charge < -0.3 is 15.0 Å². The molecule has 2 heterocycles. The Kier molecular flexibility index (Phi) is 5.12. The highest BCUT2D eigenvalue weighted by Gasteiger charge is 2.35. The number of morpholine rings is 1. The Bertz CT molecular complexity index is 409. The molecule has 114 valence electrons. The van der Waals surface area contributed by atoms with Crippen molar-refractivity contribution in [1.82, 2.24) is 15.0 Å². The number of nitrogens with zero attached hydrogens (tertiary/aromatic N) is 3. The van der Waals surface area contributed by atoms with Gasteiger partial charge in [-0.05, 0) is 19.4 Å². The number of hydrogen-bond donors (Lipinski definition) is 1. The van der Waals surface area contributed by atoms with Gasteiger partial charge in [-0.25, -0.2) is 0 Å².